The summed E-state index contributed by atoms with van der Waals surface area (Å²) < 4.78 is 15.5. The maximum atomic E-state index is 14.0. The molecule has 0 fully saturated rings. The van der Waals surface area contributed by atoms with Crippen LogP contribution in [0.25, 0.3) is 5.69 Å². The summed E-state index contributed by atoms with van der Waals surface area (Å²) in [4.78, 5) is 0. The first kappa shape index (κ1) is 13.5. The van der Waals surface area contributed by atoms with Crippen molar-refractivity contribution in [1.82, 2.24) is 15.0 Å². The maximum Gasteiger partial charge on any atom is 0.129 e. The first-order valence-electron chi connectivity index (χ1n) is 6.57. The van der Waals surface area contributed by atoms with Gasteiger partial charge in [-0.2, -0.15) is 0 Å². The van der Waals surface area contributed by atoms with Gasteiger partial charge in [0.2, 0.25) is 0 Å². The van der Waals surface area contributed by atoms with Crippen molar-refractivity contribution in [3.63, 3.8) is 0 Å². The Balaban J connectivity index is 2.03. The standard InChI is InChI=1S/C16H14FN3O/c1-11-7-8-13(14(17)9-11)16(21)15-10-18-19-20(15)12-5-3-2-4-6-12/h2-10,16,21H,1H3. The van der Waals surface area contributed by atoms with Crippen LogP contribution in [0.4, 0.5) is 4.39 Å². The number of aliphatic hydroxyl groups is 1. The van der Waals surface area contributed by atoms with Crippen LogP contribution in [0.3, 0.4) is 0 Å². The molecule has 5 heteroatoms. The van der Waals surface area contributed by atoms with E-state index < -0.39 is 11.9 Å². The van der Waals surface area contributed by atoms with Gasteiger partial charge in [0.25, 0.3) is 0 Å². The molecule has 2 aromatic carbocycles. The van der Waals surface area contributed by atoms with Crippen molar-refractivity contribution in [3.8, 4) is 5.69 Å². The lowest BCUT2D eigenvalue weighted by atomic mass is 10.0. The number of aryl methyl sites for hydroxylation is 1. The van der Waals surface area contributed by atoms with Crippen molar-refractivity contribution in [2.45, 2.75) is 13.0 Å². The van der Waals surface area contributed by atoms with Crippen LogP contribution >= 0.6 is 0 Å². The van der Waals surface area contributed by atoms with E-state index in [2.05, 4.69) is 10.3 Å². The molecule has 1 atom stereocenters. The van der Waals surface area contributed by atoms with Gasteiger partial charge in [-0.05, 0) is 30.7 Å². The molecule has 106 valence electrons. The smallest absolute Gasteiger partial charge is 0.129 e. The maximum absolute atomic E-state index is 14.0. The minimum absolute atomic E-state index is 0.208. The van der Waals surface area contributed by atoms with E-state index >= 15 is 0 Å². The number of aliphatic hydroxyl groups excluding tert-OH is 1. The summed E-state index contributed by atoms with van der Waals surface area (Å²) in [6.07, 6.45) is 0.317. The van der Waals surface area contributed by atoms with Crippen molar-refractivity contribution < 1.29 is 9.50 Å². The second kappa shape index (κ2) is 5.46. The third kappa shape index (κ3) is 2.55. The van der Waals surface area contributed by atoms with Crippen LogP contribution in [0.1, 0.15) is 22.9 Å². The molecule has 1 N–H and O–H groups in total. The molecule has 1 heterocycles. The molecule has 0 aliphatic rings. The predicted octanol–water partition coefficient (Wildman–Crippen LogP) is 2.80. The second-order valence-electron chi connectivity index (χ2n) is 4.83. The Morgan fingerprint density at radius 1 is 1.14 bits per heavy atom. The molecule has 0 amide bonds. The Morgan fingerprint density at radius 2 is 1.90 bits per heavy atom. The molecule has 1 unspecified atom stereocenters. The van der Waals surface area contributed by atoms with Crippen molar-refractivity contribution in [1.29, 1.82) is 0 Å². The van der Waals surface area contributed by atoms with Gasteiger partial charge in [0.15, 0.2) is 0 Å². The summed E-state index contributed by atoms with van der Waals surface area (Å²) >= 11 is 0. The SMILES string of the molecule is Cc1ccc(C(O)c2cnnn2-c2ccccc2)c(F)c1. The number of rotatable bonds is 3. The van der Waals surface area contributed by atoms with Crippen molar-refractivity contribution in [2.24, 2.45) is 0 Å². The zero-order valence-electron chi connectivity index (χ0n) is 11.4. The van der Waals surface area contributed by atoms with E-state index in [1.54, 1.807) is 19.1 Å². The highest BCUT2D eigenvalue weighted by molar-refractivity contribution is 5.35. The monoisotopic (exact) mass is 283 g/mol. The highest BCUT2D eigenvalue weighted by atomic mass is 19.1. The summed E-state index contributed by atoms with van der Waals surface area (Å²) in [6.45, 7) is 1.80. The molecule has 4 nitrogen and oxygen atoms in total. The normalized spacial score (nSPS) is 12.3. The third-order valence-corrected chi connectivity index (χ3v) is 3.31. The fourth-order valence-electron chi connectivity index (χ4n) is 2.21. The Labute approximate surface area is 121 Å². The number of halogens is 1. The van der Waals surface area contributed by atoms with Crippen LogP contribution in [0, 0.1) is 12.7 Å². The quantitative estimate of drug-likeness (QED) is 0.804. The molecular weight excluding hydrogens is 269 g/mol. The molecule has 1 aromatic heterocycles. The molecule has 0 aliphatic heterocycles. The third-order valence-electron chi connectivity index (χ3n) is 3.31. The number of hydrogen-bond donors (Lipinski definition) is 1. The zero-order chi connectivity index (χ0) is 14.8. The fourth-order valence-corrected chi connectivity index (χ4v) is 2.21. The van der Waals surface area contributed by atoms with Crippen LogP contribution in [-0.4, -0.2) is 20.1 Å². The highest BCUT2D eigenvalue weighted by Crippen LogP contribution is 2.25. The lowest BCUT2D eigenvalue weighted by Gasteiger charge is -2.14. The highest BCUT2D eigenvalue weighted by Gasteiger charge is 2.20. The molecule has 0 spiro atoms. The summed E-state index contributed by atoms with van der Waals surface area (Å²) in [6, 6.07) is 14.0. The van der Waals surface area contributed by atoms with Gasteiger partial charge in [-0.25, -0.2) is 9.07 Å². The first-order chi connectivity index (χ1) is 10.2. The van der Waals surface area contributed by atoms with Gasteiger partial charge in [0.1, 0.15) is 11.9 Å². The van der Waals surface area contributed by atoms with E-state index in [9.17, 15) is 9.50 Å². The van der Waals surface area contributed by atoms with Crippen LogP contribution < -0.4 is 0 Å². The molecule has 0 saturated heterocycles. The molecule has 3 rings (SSSR count). The van der Waals surface area contributed by atoms with Gasteiger partial charge in [-0.3, -0.25) is 0 Å². The Kier molecular flexibility index (Phi) is 3.50. The first-order valence-corrected chi connectivity index (χ1v) is 6.57. The fraction of sp³-hybridized carbons (Fsp3) is 0.125. The van der Waals surface area contributed by atoms with Gasteiger partial charge in [-0.15, -0.1) is 5.10 Å². The van der Waals surface area contributed by atoms with Gasteiger partial charge in [0, 0.05) is 5.56 Å². The molecule has 3 aromatic rings. The Bertz CT molecular complexity index is 755. The predicted molar refractivity (Wildman–Crippen MR) is 76.6 cm³/mol. The molecule has 0 aliphatic carbocycles. The number of aromatic nitrogens is 3. The zero-order valence-corrected chi connectivity index (χ0v) is 11.4. The molecule has 0 saturated carbocycles. The van der Waals surface area contributed by atoms with Gasteiger partial charge >= 0.3 is 0 Å². The topological polar surface area (TPSA) is 50.9 Å². The summed E-state index contributed by atoms with van der Waals surface area (Å²) in [5.74, 6) is -0.441. The summed E-state index contributed by atoms with van der Waals surface area (Å²) in [5, 5.41) is 18.2. The van der Waals surface area contributed by atoms with E-state index in [1.165, 1.54) is 16.9 Å². The van der Waals surface area contributed by atoms with Crippen molar-refractivity contribution in [2.75, 3.05) is 0 Å². The van der Waals surface area contributed by atoms with Crippen molar-refractivity contribution in [3.05, 3.63) is 77.4 Å². The average Bonchev–Trinajstić information content (AvgIpc) is 2.97. The van der Waals surface area contributed by atoms with Crippen LogP contribution in [0.15, 0.2) is 54.7 Å². The van der Waals surface area contributed by atoms with E-state index in [1.807, 2.05) is 30.3 Å². The summed E-state index contributed by atoms with van der Waals surface area (Å²) in [5.41, 5.74) is 2.19. The van der Waals surface area contributed by atoms with E-state index in [0.717, 1.165) is 11.3 Å². The van der Waals surface area contributed by atoms with Gasteiger partial charge in [-0.1, -0.05) is 35.5 Å². The van der Waals surface area contributed by atoms with Gasteiger partial charge < -0.3 is 5.11 Å². The average molecular weight is 283 g/mol. The molecule has 21 heavy (non-hydrogen) atoms. The van der Waals surface area contributed by atoms with Crippen LogP contribution in [-0.2, 0) is 0 Å². The largest absolute Gasteiger partial charge is 0.382 e. The molecule has 0 bridgehead atoms. The lowest BCUT2D eigenvalue weighted by Crippen LogP contribution is -2.10. The summed E-state index contributed by atoms with van der Waals surface area (Å²) in [7, 11) is 0. The minimum Gasteiger partial charge on any atom is -0.382 e. The van der Waals surface area contributed by atoms with Crippen molar-refractivity contribution >= 4 is 0 Å². The number of hydrogen-bond acceptors (Lipinski definition) is 3. The number of benzene rings is 2. The van der Waals surface area contributed by atoms with E-state index in [0.29, 0.717) is 5.69 Å². The second-order valence-corrected chi connectivity index (χ2v) is 4.83. The Morgan fingerprint density at radius 3 is 2.62 bits per heavy atom. The Hall–Kier alpha value is -2.53. The van der Waals surface area contributed by atoms with Gasteiger partial charge in [0.05, 0.1) is 17.6 Å². The number of para-hydroxylation sites is 1. The van der Waals surface area contributed by atoms with E-state index in [4.69, 9.17) is 0 Å². The lowest BCUT2D eigenvalue weighted by molar-refractivity contribution is 0.206. The number of nitrogens with zero attached hydrogens (tertiary/aromatic N) is 3. The van der Waals surface area contributed by atoms with Crippen LogP contribution in [0.2, 0.25) is 0 Å². The van der Waals surface area contributed by atoms with E-state index in [-0.39, 0.29) is 5.56 Å². The van der Waals surface area contributed by atoms with Crippen LogP contribution in [0.5, 0.6) is 0 Å². The molecular formula is C16H14FN3O. The minimum atomic E-state index is -1.12. The molecule has 0 radical (unpaired) electrons.